The Kier molecular flexibility index (Phi) is 6.53. The third-order valence-corrected chi connectivity index (χ3v) is 4.07. The zero-order valence-electron chi connectivity index (χ0n) is 11.8. The van der Waals surface area contributed by atoms with Crippen LogP contribution in [0.25, 0.3) is 0 Å². The summed E-state index contributed by atoms with van der Waals surface area (Å²) in [5.74, 6) is 0.376. The summed E-state index contributed by atoms with van der Waals surface area (Å²) < 4.78 is 30.8. The molecule has 7 nitrogen and oxygen atoms in total. The summed E-state index contributed by atoms with van der Waals surface area (Å²) in [5, 5.41) is 2.58. The highest BCUT2D eigenvalue weighted by atomic mass is 32.2. The first-order chi connectivity index (χ1) is 9.48. The molecule has 0 saturated carbocycles. The van der Waals surface area contributed by atoms with E-state index in [2.05, 4.69) is 10.0 Å². The maximum absolute atomic E-state index is 11.7. The minimum atomic E-state index is -3.44. The number of urea groups is 1. The van der Waals surface area contributed by atoms with E-state index in [4.69, 9.17) is 4.42 Å². The number of nitrogens with zero attached hydrogens (tertiary/aromatic N) is 1. The van der Waals surface area contributed by atoms with Crippen LogP contribution in [0, 0.1) is 0 Å². The van der Waals surface area contributed by atoms with E-state index in [-0.39, 0.29) is 24.9 Å². The van der Waals surface area contributed by atoms with Crippen molar-refractivity contribution in [1.29, 1.82) is 0 Å². The number of rotatable bonds is 8. The van der Waals surface area contributed by atoms with Gasteiger partial charge in [-0.25, -0.2) is 17.9 Å². The SMILES string of the molecule is CCN(CC)C(=O)NCCS(=O)(=O)NCc1ccco1. The van der Waals surface area contributed by atoms with E-state index in [0.717, 1.165) is 0 Å². The average Bonchev–Trinajstić information content (AvgIpc) is 2.91. The van der Waals surface area contributed by atoms with Crippen LogP contribution in [0.15, 0.2) is 22.8 Å². The maximum Gasteiger partial charge on any atom is 0.317 e. The van der Waals surface area contributed by atoms with Gasteiger partial charge in [0.2, 0.25) is 10.0 Å². The summed E-state index contributed by atoms with van der Waals surface area (Å²) >= 11 is 0. The van der Waals surface area contributed by atoms with E-state index in [1.165, 1.54) is 6.26 Å². The predicted molar refractivity (Wildman–Crippen MR) is 75.7 cm³/mol. The number of hydrogen-bond acceptors (Lipinski definition) is 4. The van der Waals surface area contributed by atoms with Gasteiger partial charge in [-0.2, -0.15) is 0 Å². The zero-order valence-corrected chi connectivity index (χ0v) is 12.6. The molecule has 1 aromatic rings. The summed E-state index contributed by atoms with van der Waals surface area (Å²) in [6.45, 7) is 5.09. The van der Waals surface area contributed by atoms with Crippen LogP contribution in [-0.4, -0.2) is 44.7 Å². The Morgan fingerprint density at radius 1 is 1.35 bits per heavy atom. The summed E-state index contributed by atoms with van der Waals surface area (Å²) in [5.41, 5.74) is 0. The van der Waals surface area contributed by atoms with Crippen molar-refractivity contribution in [2.45, 2.75) is 20.4 Å². The number of amides is 2. The third kappa shape index (κ3) is 5.62. The van der Waals surface area contributed by atoms with Crippen LogP contribution in [-0.2, 0) is 16.6 Å². The standard InChI is InChI=1S/C12H21N3O4S/c1-3-15(4-2)12(16)13-7-9-20(17,18)14-10-11-6-5-8-19-11/h5-6,8,14H,3-4,7,9-10H2,1-2H3,(H,13,16). The number of sulfonamides is 1. The fraction of sp³-hybridized carbons (Fsp3) is 0.583. The smallest absolute Gasteiger partial charge is 0.317 e. The van der Waals surface area contributed by atoms with Crippen LogP contribution in [0.1, 0.15) is 19.6 Å². The molecule has 1 heterocycles. The van der Waals surface area contributed by atoms with E-state index in [9.17, 15) is 13.2 Å². The van der Waals surface area contributed by atoms with Crippen molar-refractivity contribution >= 4 is 16.1 Å². The molecule has 2 N–H and O–H groups in total. The molecule has 0 unspecified atom stereocenters. The lowest BCUT2D eigenvalue weighted by molar-refractivity contribution is 0.204. The molecule has 0 spiro atoms. The Labute approximate surface area is 119 Å². The lowest BCUT2D eigenvalue weighted by Gasteiger charge is -2.19. The molecule has 0 atom stereocenters. The van der Waals surface area contributed by atoms with Gasteiger partial charge in [0.15, 0.2) is 0 Å². The summed E-state index contributed by atoms with van der Waals surface area (Å²) in [4.78, 5) is 13.2. The van der Waals surface area contributed by atoms with E-state index in [0.29, 0.717) is 18.8 Å². The van der Waals surface area contributed by atoms with Crippen LogP contribution in [0.3, 0.4) is 0 Å². The highest BCUT2D eigenvalue weighted by molar-refractivity contribution is 7.89. The number of carbonyl (C=O) groups excluding carboxylic acids is 1. The molecule has 0 aliphatic rings. The van der Waals surface area contributed by atoms with Crippen molar-refractivity contribution in [2.75, 3.05) is 25.4 Å². The summed E-state index contributed by atoms with van der Waals surface area (Å²) in [7, 11) is -3.44. The third-order valence-electron chi connectivity index (χ3n) is 2.74. The van der Waals surface area contributed by atoms with Gasteiger partial charge in [0.25, 0.3) is 0 Å². The first kappa shape index (κ1) is 16.5. The van der Waals surface area contributed by atoms with E-state index < -0.39 is 10.0 Å². The molecule has 0 aliphatic carbocycles. The second-order valence-electron chi connectivity index (χ2n) is 4.12. The Morgan fingerprint density at radius 3 is 2.60 bits per heavy atom. The lowest BCUT2D eigenvalue weighted by atomic mass is 10.5. The quantitative estimate of drug-likeness (QED) is 0.741. The average molecular weight is 303 g/mol. The molecule has 1 aromatic heterocycles. The van der Waals surface area contributed by atoms with E-state index in [1.54, 1.807) is 17.0 Å². The number of hydrogen-bond donors (Lipinski definition) is 2. The van der Waals surface area contributed by atoms with Crippen molar-refractivity contribution in [3.8, 4) is 0 Å². The first-order valence-corrected chi connectivity index (χ1v) is 8.16. The summed E-state index contributed by atoms with van der Waals surface area (Å²) in [6, 6.07) is 3.12. The molecule has 0 saturated heterocycles. The van der Waals surface area contributed by atoms with Gasteiger partial charge in [0.05, 0.1) is 18.6 Å². The Balaban J connectivity index is 2.31. The Morgan fingerprint density at radius 2 is 2.05 bits per heavy atom. The normalized spacial score (nSPS) is 11.3. The van der Waals surface area contributed by atoms with Gasteiger partial charge in [0, 0.05) is 19.6 Å². The molecule has 0 radical (unpaired) electrons. The van der Waals surface area contributed by atoms with Crippen LogP contribution in [0.4, 0.5) is 4.79 Å². The molecule has 20 heavy (non-hydrogen) atoms. The van der Waals surface area contributed by atoms with Crippen molar-refractivity contribution in [3.63, 3.8) is 0 Å². The van der Waals surface area contributed by atoms with Crippen molar-refractivity contribution < 1.29 is 17.6 Å². The molecule has 2 amide bonds. The second-order valence-corrected chi connectivity index (χ2v) is 6.05. The van der Waals surface area contributed by atoms with Gasteiger partial charge >= 0.3 is 6.03 Å². The predicted octanol–water partition coefficient (Wildman–Crippen LogP) is 0.750. The van der Waals surface area contributed by atoms with Crippen LogP contribution in [0.5, 0.6) is 0 Å². The maximum atomic E-state index is 11.7. The van der Waals surface area contributed by atoms with E-state index in [1.807, 2.05) is 13.8 Å². The fourth-order valence-electron chi connectivity index (χ4n) is 1.58. The van der Waals surface area contributed by atoms with Gasteiger partial charge in [-0.05, 0) is 26.0 Å². The minimum Gasteiger partial charge on any atom is -0.468 e. The van der Waals surface area contributed by atoms with Gasteiger partial charge in [-0.1, -0.05) is 0 Å². The van der Waals surface area contributed by atoms with Gasteiger partial charge < -0.3 is 14.6 Å². The summed E-state index contributed by atoms with van der Waals surface area (Å²) in [6.07, 6.45) is 1.48. The van der Waals surface area contributed by atoms with Gasteiger partial charge in [-0.3, -0.25) is 0 Å². The number of nitrogens with one attached hydrogen (secondary N) is 2. The second kappa shape index (κ2) is 7.91. The van der Waals surface area contributed by atoms with Gasteiger partial charge in [0.1, 0.15) is 5.76 Å². The molecule has 0 bridgehead atoms. The number of furan rings is 1. The minimum absolute atomic E-state index is 0.0722. The molecule has 1 rings (SSSR count). The van der Waals surface area contributed by atoms with Crippen LogP contribution < -0.4 is 10.0 Å². The van der Waals surface area contributed by atoms with Crippen LogP contribution in [0.2, 0.25) is 0 Å². The monoisotopic (exact) mass is 303 g/mol. The zero-order chi connectivity index (χ0) is 15.0. The highest BCUT2D eigenvalue weighted by Gasteiger charge is 2.13. The molecule has 114 valence electrons. The molecular formula is C12H21N3O4S. The Bertz CT molecular complexity index is 495. The number of carbonyl (C=O) groups is 1. The fourth-order valence-corrected chi connectivity index (χ4v) is 2.46. The molecule has 0 aliphatic heterocycles. The largest absolute Gasteiger partial charge is 0.468 e. The topological polar surface area (TPSA) is 91.7 Å². The molecule has 8 heteroatoms. The van der Waals surface area contributed by atoms with Crippen molar-refractivity contribution in [1.82, 2.24) is 14.9 Å². The molecule has 0 fully saturated rings. The van der Waals surface area contributed by atoms with Crippen molar-refractivity contribution in [3.05, 3.63) is 24.2 Å². The highest BCUT2D eigenvalue weighted by Crippen LogP contribution is 1.99. The van der Waals surface area contributed by atoms with Crippen molar-refractivity contribution in [2.24, 2.45) is 0 Å². The first-order valence-electron chi connectivity index (χ1n) is 6.51. The molecule has 0 aromatic carbocycles. The molecular weight excluding hydrogens is 282 g/mol. The van der Waals surface area contributed by atoms with Crippen LogP contribution >= 0.6 is 0 Å². The Hall–Kier alpha value is -1.54. The van der Waals surface area contributed by atoms with Gasteiger partial charge in [-0.15, -0.1) is 0 Å². The van der Waals surface area contributed by atoms with E-state index >= 15 is 0 Å². The lowest BCUT2D eigenvalue weighted by Crippen LogP contribution is -2.42.